The number of aliphatic hydroxyl groups excluding tert-OH is 1. The molecule has 4 atom stereocenters. The van der Waals surface area contributed by atoms with Gasteiger partial charge in [-0.2, -0.15) is 0 Å². The highest BCUT2D eigenvalue weighted by Crippen LogP contribution is 2.40. The van der Waals surface area contributed by atoms with E-state index in [0.29, 0.717) is 11.3 Å². The number of piperidine rings is 1. The van der Waals surface area contributed by atoms with Crippen molar-refractivity contribution < 1.29 is 5.11 Å². The molecule has 2 aliphatic rings. The maximum atomic E-state index is 10.3. The van der Waals surface area contributed by atoms with E-state index in [1.165, 1.54) is 38.8 Å². The standard InChI is InChI=1S/C17H33NO/c1-13-6-5-9-18(11-13)12-14-10-15(17(2,3)4)7-8-16(14)19/h13-16,19H,5-12H2,1-4H3. The highest BCUT2D eigenvalue weighted by molar-refractivity contribution is 4.87. The van der Waals surface area contributed by atoms with E-state index in [9.17, 15) is 5.11 Å². The molecule has 1 N–H and O–H groups in total. The normalized spacial score (nSPS) is 38.4. The first-order chi connectivity index (χ1) is 8.86. The highest BCUT2D eigenvalue weighted by Gasteiger charge is 2.36. The molecule has 112 valence electrons. The quantitative estimate of drug-likeness (QED) is 0.827. The molecule has 2 nitrogen and oxygen atoms in total. The monoisotopic (exact) mass is 267 g/mol. The van der Waals surface area contributed by atoms with Crippen LogP contribution in [-0.2, 0) is 0 Å². The second-order valence-electron chi connectivity index (χ2n) is 8.21. The van der Waals surface area contributed by atoms with Crippen molar-refractivity contribution in [1.82, 2.24) is 4.90 Å². The van der Waals surface area contributed by atoms with Crippen LogP contribution in [0.5, 0.6) is 0 Å². The summed E-state index contributed by atoms with van der Waals surface area (Å²) in [5, 5.41) is 10.3. The molecule has 1 aliphatic carbocycles. The summed E-state index contributed by atoms with van der Waals surface area (Å²) < 4.78 is 0. The molecule has 1 saturated heterocycles. The fraction of sp³-hybridized carbons (Fsp3) is 1.00. The van der Waals surface area contributed by atoms with E-state index >= 15 is 0 Å². The van der Waals surface area contributed by atoms with Crippen molar-refractivity contribution in [2.24, 2.45) is 23.2 Å². The lowest BCUT2D eigenvalue weighted by Gasteiger charge is -2.42. The Labute approximate surface area is 119 Å². The van der Waals surface area contributed by atoms with Gasteiger partial charge < -0.3 is 10.0 Å². The van der Waals surface area contributed by atoms with Crippen molar-refractivity contribution in [3.8, 4) is 0 Å². The fourth-order valence-electron chi connectivity index (χ4n) is 4.01. The van der Waals surface area contributed by atoms with Crippen LogP contribution in [0.3, 0.4) is 0 Å². The summed E-state index contributed by atoms with van der Waals surface area (Å²) in [6.45, 7) is 13.0. The average molecular weight is 267 g/mol. The number of likely N-dealkylation sites (tertiary alicyclic amines) is 1. The van der Waals surface area contributed by atoms with Gasteiger partial charge in [0.1, 0.15) is 0 Å². The molecule has 2 rings (SSSR count). The third kappa shape index (κ3) is 4.19. The Morgan fingerprint density at radius 1 is 1.16 bits per heavy atom. The van der Waals surface area contributed by atoms with Crippen molar-refractivity contribution in [3.05, 3.63) is 0 Å². The molecule has 4 unspecified atom stereocenters. The van der Waals surface area contributed by atoms with Gasteiger partial charge in [0.2, 0.25) is 0 Å². The Kier molecular flexibility index (Phi) is 4.94. The summed E-state index contributed by atoms with van der Waals surface area (Å²) in [5.74, 6) is 2.12. The van der Waals surface area contributed by atoms with Gasteiger partial charge in [-0.25, -0.2) is 0 Å². The Hall–Kier alpha value is -0.0800. The topological polar surface area (TPSA) is 23.5 Å². The van der Waals surface area contributed by atoms with Crippen LogP contribution in [0.1, 0.15) is 59.8 Å². The number of rotatable bonds is 2. The van der Waals surface area contributed by atoms with Crippen LogP contribution < -0.4 is 0 Å². The maximum Gasteiger partial charge on any atom is 0.0580 e. The third-order valence-corrected chi connectivity index (χ3v) is 5.40. The van der Waals surface area contributed by atoms with Gasteiger partial charge in [-0.05, 0) is 61.8 Å². The molecule has 0 spiro atoms. The summed E-state index contributed by atoms with van der Waals surface area (Å²) >= 11 is 0. The first-order valence-electron chi connectivity index (χ1n) is 8.26. The zero-order chi connectivity index (χ0) is 14.0. The van der Waals surface area contributed by atoms with E-state index in [4.69, 9.17) is 0 Å². The number of aliphatic hydroxyl groups is 1. The number of nitrogens with zero attached hydrogens (tertiary/aromatic N) is 1. The average Bonchev–Trinajstić information content (AvgIpc) is 2.30. The Morgan fingerprint density at radius 2 is 1.89 bits per heavy atom. The minimum Gasteiger partial charge on any atom is -0.393 e. The molecule has 0 aromatic heterocycles. The zero-order valence-corrected chi connectivity index (χ0v) is 13.4. The lowest BCUT2D eigenvalue weighted by Crippen LogP contribution is -2.44. The molecular formula is C17H33NO. The minimum atomic E-state index is -0.0594. The van der Waals surface area contributed by atoms with E-state index in [1.807, 2.05) is 0 Å². The van der Waals surface area contributed by atoms with Crippen LogP contribution in [-0.4, -0.2) is 35.7 Å². The van der Waals surface area contributed by atoms with Gasteiger partial charge in [0.25, 0.3) is 0 Å². The van der Waals surface area contributed by atoms with E-state index in [2.05, 4.69) is 32.6 Å². The van der Waals surface area contributed by atoms with E-state index in [-0.39, 0.29) is 6.10 Å². The predicted octanol–water partition coefficient (Wildman–Crippen LogP) is 3.54. The second kappa shape index (κ2) is 6.13. The third-order valence-electron chi connectivity index (χ3n) is 5.40. The maximum absolute atomic E-state index is 10.3. The molecule has 1 saturated carbocycles. The Bertz CT molecular complexity index is 283. The van der Waals surface area contributed by atoms with Crippen molar-refractivity contribution in [2.75, 3.05) is 19.6 Å². The predicted molar refractivity (Wildman–Crippen MR) is 81.1 cm³/mol. The smallest absolute Gasteiger partial charge is 0.0580 e. The molecule has 2 heteroatoms. The van der Waals surface area contributed by atoms with Crippen LogP contribution >= 0.6 is 0 Å². The molecule has 0 radical (unpaired) electrons. The lowest BCUT2D eigenvalue weighted by atomic mass is 9.68. The van der Waals surface area contributed by atoms with Crippen LogP contribution in [0.15, 0.2) is 0 Å². The molecule has 0 aromatic carbocycles. The van der Waals surface area contributed by atoms with Crippen molar-refractivity contribution in [2.45, 2.75) is 65.9 Å². The van der Waals surface area contributed by atoms with E-state index in [1.54, 1.807) is 0 Å². The van der Waals surface area contributed by atoms with E-state index in [0.717, 1.165) is 24.8 Å². The first-order valence-corrected chi connectivity index (χ1v) is 8.26. The van der Waals surface area contributed by atoms with Crippen LogP contribution in [0.25, 0.3) is 0 Å². The summed E-state index contributed by atoms with van der Waals surface area (Å²) in [6.07, 6.45) is 6.10. The lowest BCUT2D eigenvalue weighted by molar-refractivity contribution is -0.00200. The van der Waals surface area contributed by atoms with Gasteiger partial charge in [-0.1, -0.05) is 27.7 Å². The molecule has 2 fully saturated rings. The highest BCUT2D eigenvalue weighted by atomic mass is 16.3. The second-order valence-corrected chi connectivity index (χ2v) is 8.21. The Morgan fingerprint density at radius 3 is 2.53 bits per heavy atom. The largest absolute Gasteiger partial charge is 0.393 e. The molecule has 1 heterocycles. The first kappa shape index (κ1) is 15.3. The molecular weight excluding hydrogens is 234 g/mol. The summed E-state index contributed by atoms with van der Waals surface area (Å²) in [5.41, 5.74) is 0.396. The molecule has 0 aromatic rings. The number of hydrogen-bond acceptors (Lipinski definition) is 2. The van der Waals surface area contributed by atoms with Gasteiger partial charge in [0, 0.05) is 13.1 Å². The minimum absolute atomic E-state index is 0.0594. The molecule has 1 aliphatic heterocycles. The number of hydrogen-bond donors (Lipinski definition) is 1. The van der Waals surface area contributed by atoms with E-state index < -0.39 is 0 Å². The van der Waals surface area contributed by atoms with Gasteiger partial charge in [0.15, 0.2) is 0 Å². The van der Waals surface area contributed by atoms with Gasteiger partial charge in [-0.3, -0.25) is 0 Å². The fourth-order valence-corrected chi connectivity index (χ4v) is 4.01. The Balaban J connectivity index is 1.90. The molecule has 0 amide bonds. The summed E-state index contributed by atoms with van der Waals surface area (Å²) in [4.78, 5) is 2.60. The van der Waals surface area contributed by atoms with Crippen LogP contribution in [0.4, 0.5) is 0 Å². The summed E-state index contributed by atoms with van der Waals surface area (Å²) in [7, 11) is 0. The summed E-state index contributed by atoms with van der Waals surface area (Å²) in [6, 6.07) is 0. The van der Waals surface area contributed by atoms with Gasteiger partial charge in [0.05, 0.1) is 6.10 Å². The molecule has 0 bridgehead atoms. The SMILES string of the molecule is CC1CCCN(CC2CC(C(C)(C)C)CCC2O)C1. The van der Waals surface area contributed by atoms with Gasteiger partial charge in [-0.15, -0.1) is 0 Å². The van der Waals surface area contributed by atoms with Crippen LogP contribution in [0.2, 0.25) is 0 Å². The van der Waals surface area contributed by atoms with Crippen LogP contribution in [0, 0.1) is 23.2 Å². The molecule has 19 heavy (non-hydrogen) atoms. The zero-order valence-electron chi connectivity index (χ0n) is 13.4. The van der Waals surface area contributed by atoms with Crippen molar-refractivity contribution in [3.63, 3.8) is 0 Å². The van der Waals surface area contributed by atoms with Crippen molar-refractivity contribution >= 4 is 0 Å². The van der Waals surface area contributed by atoms with Crippen molar-refractivity contribution in [1.29, 1.82) is 0 Å². The van der Waals surface area contributed by atoms with Gasteiger partial charge >= 0.3 is 0 Å².